The second-order valence-corrected chi connectivity index (χ2v) is 13.1. The molecule has 3 N–H and O–H groups in total. The SMILES string of the molecule is Cc1ccccc1C1CCN(C(=O)NC(C(=O)Nc2cc(CN(C)C)ccc2-c2cnn(C)c2)C(C)c2c[nH]c3ccccc23)CC1. The van der Waals surface area contributed by atoms with Gasteiger partial charge in [0.15, 0.2) is 0 Å². The summed E-state index contributed by atoms with van der Waals surface area (Å²) in [5, 5.41) is 11.8. The number of nitrogens with one attached hydrogen (secondary N) is 3. The maximum absolute atomic E-state index is 14.4. The number of nitrogens with zero attached hydrogens (tertiary/aromatic N) is 4. The van der Waals surface area contributed by atoms with E-state index in [1.807, 2.05) is 75.7 Å². The fourth-order valence-corrected chi connectivity index (χ4v) is 6.91. The molecule has 0 aliphatic carbocycles. The van der Waals surface area contributed by atoms with Gasteiger partial charge in [0, 0.05) is 72.7 Å². The topological polar surface area (TPSA) is 98.3 Å². The molecule has 2 atom stereocenters. The van der Waals surface area contributed by atoms with Crippen LogP contribution in [0, 0.1) is 6.92 Å². The van der Waals surface area contributed by atoms with Gasteiger partial charge < -0.3 is 25.4 Å². The van der Waals surface area contributed by atoms with Gasteiger partial charge in [-0.25, -0.2) is 4.79 Å². The Morgan fingerprint density at radius 3 is 2.51 bits per heavy atom. The Morgan fingerprint density at radius 2 is 1.79 bits per heavy atom. The summed E-state index contributed by atoms with van der Waals surface area (Å²) in [7, 11) is 5.91. The maximum atomic E-state index is 14.4. The summed E-state index contributed by atoms with van der Waals surface area (Å²) in [4.78, 5) is 35.6. The van der Waals surface area contributed by atoms with Gasteiger partial charge in [-0.1, -0.05) is 61.5 Å². The molecular formula is C38H45N7O2. The summed E-state index contributed by atoms with van der Waals surface area (Å²) in [5.41, 5.74) is 8.16. The highest BCUT2D eigenvalue weighted by atomic mass is 16.2. The standard InChI is InChI=1S/C38H45N7O2/c1-25-10-6-7-11-30(25)28-16-18-45(19-17-28)38(47)42-36(26(2)33-22-39-34-13-9-8-12-32(33)34)37(46)41-35-20-27(23-43(3)4)14-15-31(35)29-21-40-44(5)24-29/h6-15,20-22,24,26,28,36,39H,16-19,23H2,1-5H3,(H,41,46)(H,42,47). The van der Waals surface area contributed by atoms with Crippen LogP contribution in [0.25, 0.3) is 22.0 Å². The third-order valence-corrected chi connectivity index (χ3v) is 9.44. The molecule has 5 aromatic rings. The fraction of sp³-hybridized carbons (Fsp3) is 0.342. The Labute approximate surface area is 277 Å². The summed E-state index contributed by atoms with van der Waals surface area (Å²) in [6, 6.07) is 21.7. The van der Waals surface area contributed by atoms with Crippen molar-refractivity contribution in [3.05, 3.63) is 108 Å². The van der Waals surface area contributed by atoms with E-state index in [9.17, 15) is 9.59 Å². The third kappa shape index (κ3) is 7.10. The number of hydrogen-bond acceptors (Lipinski definition) is 4. The lowest BCUT2D eigenvalue weighted by molar-refractivity contribution is -0.118. The molecule has 244 valence electrons. The van der Waals surface area contributed by atoms with Crippen LogP contribution in [0.2, 0.25) is 0 Å². The molecule has 2 unspecified atom stereocenters. The van der Waals surface area contributed by atoms with Gasteiger partial charge in [-0.3, -0.25) is 9.48 Å². The second kappa shape index (κ2) is 13.8. The second-order valence-electron chi connectivity index (χ2n) is 13.1. The zero-order chi connectivity index (χ0) is 33.1. The molecule has 2 aromatic heterocycles. The van der Waals surface area contributed by atoms with Crippen LogP contribution in [0.4, 0.5) is 10.5 Å². The van der Waals surface area contributed by atoms with Crippen LogP contribution in [0.3, 0.4) is 0 Å². The number of aromatic amines is 1. The molecule has 1 aliphatic heterocycles. The molecule has 0 radical (unpaired) electrons. The highest BCUT2D eigenvalue weighted by Crippen LogP contribution is 2.33. The lowest BCUT2D eigenvalue weighted by Gasteiger charge is -2.34. The Kier molecular flexibility index (Phi) is 9.45. The largest absolute Gasteiger partial charge is 0.361 e. The van der Waals surface area contributed by atoms with E-state index in [1.165, 1.54) is 11.1 Å². The van der Waals surface area contributed by atoms with Crippen molar-refractivity contribution >= 4 is 28.5 Å². The summed E-state index contributed by atoms with van der Waals surface area (Å²) in [6.45, 7) is 6.16. The number of amides is 3. The van der Waals surface area contributed by atoms with Gasteiger partial charge in [-0.2, -0.15) is 5.10 Å². The van der Waals surface area contributed by atoms with Gasteiger partial charge in [0.25, 0.3) is 0 Å². The number of fused-ring (bicyclic) bond motifs is 1. The highest BCUT2D eigenvalue weighted by Gasteiger charge is 2.33. The molecule has 1 saturated heterocycles. The first kappa shape index (κ1) is 32.1. The number of para-hydroxylation sites is 1. The van der Waals surface area contributed by atoms with Crippen molar-refractivity contribution in [2.75, 3.05) is 32.5 Å². The summed E-state index contributed by atoms with van der Waals surface area (Å²) in [6.07, 6.45) is 7.46. The zero-order valence-electron chi connectivity index (χ0n) is 28.0. The van der Waals surface area contributed by atoms with Crippen LogP contribution >= 0.6 is 0 Å². The Balaban J connectivity index is 1.28. The van der Waals surface area contributed by atoms with Crippen LogP contribution in [0.1, 0.15) is 53.9 Å². The first-order valence-corrected chi connectivity index (χ1v) is 16.4. The van der Waals surface area contributed by atoms with Crippen molar-refractivity contribution in [3.8, 4) is 11.1 Å². The maximum Gasteiger partial charge on any atom is 0.318 e. The Bertz CT molecular complexity index is 1860. The number of piperidine rings is 1. The molecule has 3 amide bonds. The van der Waals surface area contributed by atoms with Gasteiger partial charge in [0.1, 0.15) is 6.04 Å². The van der Waals surface area contributed by atoms with E-state index in [1.54, 1.807) is 10.9 Å². The number of carbonyl (C=O) groups excluding carboxylic acids is 2. The Morgan fingerprint density at radius 1 is 1.04 bits per heavy atom. The third-order valence-electron chi connectivity index (χ3n) is 9.44. The lowest BCUT2D eigenvalue weighted by atomic mass is 9.87. The van der Waals surface area contributed by atoms with Crippen LogP contribution in [0.15, 0.2) is 85.3 Å². The summed E-state index contributed by atoms with van der Waals surface area (Å²) >= 11 is 0. The molecule has 9 nitrogen and oxygen atoms in total. The van der Waals surface area contributed by atoms with Crippen LogP contribution < -0.4 is 10.6 Å². The predicted octanol–water partition coefficient (Wildman–Crippen LogP) is 6.64. The van der Waals surface area contributed by atoms with Crippen LogP contribution in [-0.2, 0) is 18.4 Å². The molecular weight excluding hydrogens is 586 g/mol. The highest BCUT2D eigenvalue weighted by molar-refractivity contribution is 6.01. The average molecular weight is 632 g/mol. The zero-order valence-corrected chi connectivity index (χ0v) is 28.0. The monoisotopic (exact) mass is 631 g/mol. The van der Waals surface area contributed by atoms with Crippen LogP contribution in [-0.4, -0.2) is 69.7 Å². The minimum absolute atomic E-state index is 0.214. The van der Waals surface area contributed by atoms with Gasteiger partial charge in [0.05, 0.1) is 6.20 Å². The summed E-state index contributed by atoms with van der Waals surface area (Å²) in [5.74, 6) is -0.158. The van der Waals surface area contributed by atoms with Crippen molar-refractivity contribution in [1.82, 2.24) is 29.9 Å². The number of carbonyl (C=O) groups is 2. The van der Waals surface area contributed by atoms with Gasteiger partial charge in [0.2, 0.25) is 5.91 Å². The molecule has 3 aromatic carbocycles. The van der Waals surface area contributed by atoms with Gasteiger partial charge in [-0.15, -0.1) is 0 Å². The van der Waals surface area contributed by atoms with Crippen molar-refractivity contribution in [2.45, 2.75) is 51.1 Å². The normalized spacial score (nSPS) is 15.1. The number of likely N-dealkylation sites (tertiary alicyclic amines) is 1. The van der Waals surface area contributed by atoms with E-state index in [2.05, 4.69) is 68.9 Å². The first-order valence-electron chi connectivity index (χ1n) is 16.4. The number of H-pyrrole nitrogens is 1. The van der Waals surface area contributed by atoms with Crippen molar-refractivity contribution in [2.24, 2.45) is 7.05 Å². The minimum atomic E-state index is -0.824. The smallest absolute Gasteiger partial charge is 0.318 e. The molecule has 3 heterocycles. The van der Waals surface area contributed by atoms with E-state index in [4.69, 9.17) is 0 Å². The molecule has 0 bridgehead atoms. The number of hydrogen-bond donors (Lipinski definition) is 3. The summed E-state index contributed by atoms with van der Waals surface area (Å²) < 4.78 is 1.75. The van der Waals surface area contributed by atoms with Crippen LogP contribution in [0.5, 0.6) is 0 Å². The molecule has 6 rings (SSSR count). The number of aromatic nitrogens is 3. The van der Waals surface area contributed by atoms with Crippen molar-refractivity contribution in [3.63, 3.8) is 0 Å². The molecule has 1 fully saturated rings. The quantitative estimate of drug-likeness (QED) is 0.170. The number of rotatable bonds is 9. The molecule has 47 heavy (non-hydrogen) atoms. The molecule has 1 aliphatic rings. The molecule has 0 spiro atoms. The van der Waals surface area contributed by atoms with Gasteiger partial charge in [-0.05, 0) is 74.2 Å². The molecule has 0 saturated carbocycles. The number of benzene rings is 3. The lowest BCUT2D eigenvalue weighted by Crippen LogP contribution is -2.53. The van der Waals surface area contributed by atoms with E-state index in [-0.39, 0.29) is 17.9 Å². The number of urea groups is 1. The average Bonchev–Trinajstić information content (AvgIpc) is 3.70. The molecule has 9 heteroatoms. The van der Waals surface area contributed by atoms with E-state index >= 15 is 0 Å². The van der Waals surface area contributed by atoms with Gasteiger partial charge >= 0.3 is 6.03 Å². The van der Waals surface area contributed by atoms with E-state index < -0.39 is 6.04 Å². The van der Waals surface area contributed by atoms with E-state index in [0.29, 0.717) is 24.7 Å². The number of anilines is 1. The Hall–Kier alpha value is -4.89. The number of aryl methyl sites for hydroxylation is 2. The van der Waals surface area contributed by atoms with Crippen molar-refractivity contribution < 1.29 is 9.59 Å². The minimum Gasteiger partial charge on any atom is -0.361 e. The van der Waals surface area contributed by atoms with E-state index in [0.717, 1.165) is 52.5 Å². The first-order chi connectivity index (χ1) is 22.7. The van der Waals surface area contributed by atoms with Crippen molar-refractivity contribution in [1.29, 1.82) is 0 Å². The fourth-order valence-electron chi connectivity index (χ4n) is 6.91. The predicted molar refractivity (Wildman–Crippen MR) is 188 cm³/mol.